The van der Waals surface area contributed by atoms with Gasteiger partial charge in [0.2, 0.25) is 5.82 Å². The number of esters is 1. The third kappa shape index (κ3) is 4.80. The van der Waals surface area contributed by atoms with E-state index < -0.39 is 34.9 Å². The number of halogens is 4. The normalized spacial score (nSPS) is 11.2. The van der Waals surface area contributed by atoms with Crippen LogP contribution >= 0.6 is 0 Å². The number of nitrogens with one attached hydrogen (secondary N) is 1. The number of carbonyl (C=O) groups is 1. The number of nitrogens with zero attached hydrogens (tertiary/aromatic N) is 2. The van der Waals surface area contributed by atoms with Gasteiger partial charge in [0.05, 0.1) is 17.6 Å². The van der Waals surface area contributed by atoms with Gasteiger partial charge in [-0.05, 0) is 12.1 Å². The highest BCUT2D eigenvalue weighted by Gasteiger charge is 2.44. The lowest BCUT2D eigenvalue weighted by atomic mass is 10.2. The third-order valence-electron chi connectivity index (χ3n) is 3.09. The van der Waals surface area contributed by atoms with Crippen LogP contribution in [0.15, 0.2) is 36.5 Å². The number of carbonyl (C=O) groups excluding carboxylic acids is 1. The van der Waals surface area contributed by atoms with E-state index >= 15 is 0 Å². The molecule has 0 saturated heterocycles. The van der Waals surface area contributed by atoms with Gasteiger partial charge in [-0.15, -0.1) is 0 Å². The Morgan fingerprint density at radius 3 is 2.63 bits per heavy atom. The quantitative estimate of drug-likeness (QED) is 0.333. The molecule has 0 spiro atoms. The van der Waals surface area contributed by atoms with E-state index in [1.807, 2.05) is 0 Å². The number of rotatable bonds is 7. The van der Waals surface area contributed by atoms with Crippen molar-refractivity contribution in [1.29, 1.82) is 0 Å². The van der Waals surface area contributed by atoms with Crippen molar-refractivity contribution in [2.75, 3.05) is 12.4 Å². The molecule has 1 N–H and O–H groups in total. The first kappa shape index (κ1) is 19.9. The van der Waals surface area contributed by atoms with Crippen LogP contribution in [0.4, 0.5) is 34.8 Å². The Balaban J connectivity index is 2.30. The molecule has 0 amide bonds. The van der Waals surface area contributed by atoms with E-state index in [9.17, 15) is 32.5 Å². The summed E-state index contributed by atoms with van der Waals surface area (Å²) in [7, 11) is 1.08. The van der Waals surface area contributed by atoms with Gasteiger partial charge in [0, 0.05) is 24.0 Å². The molecule has 0 atom stereocenters. The van der Waals surface area contributed by atoms with Crippen molar-refractivity contribution in [3.8, 4) is 5.75 Å². The van der Waals surface area contributed by atoms with Crippen molar-refractivity contribution in [2.24, 2.45) is 0 Å². The average molecular weight is 389 g/mol. The summed E-state index contributed by atoms with van der Waals surface area (Å²) < 4.78 is 58.8. The van der Waals surface area contributed by atoms with Crippen LogP contribution in [0, 0.1) is 10.1 Å². The summed E-state index contributed by atoms with van der Waals surface area (Å²) in [5.41, 5.74) is -0.774. The highest BCUT2D eigenvalue weighted by Crippen LogP contribution is 2.31. The monoisotopic (exact) mass is 389 g/mol. The number of alkyl halides is 4. The molecule has 0 radical (unpaired) electrons. The summed E-state index contributed by atoms with van der Waals surface area (Å²) >= 11 is 0. The van der Waals surface area contributed by atoms with Gasteiger partial charge in [-0.3, -0.25) is 10.1 Å². The van der Waals surface area contributed by atoms with Gasteiger partial charge in [0.25, 0.3) is 0 Å². The Labute approximate surface area is 148 Å². The van der Waals surface area contributed by atoms with Crippen LogP contribution in [0.25, 0.3) is 0 Å². The molecule has 0 bridgehead atoms. The summed E-state index contributed by atoms with van der Waals surface area (Å²) in [6, 6.07) is 5.35. The van der Waals surface area contributed by atoms with Crippen LogP contribution in [-0.4, -0.2) is 35.5 Å². The van der Waals surface area contributed by atoms with E-state index in [0.29, 0.717) is 0 Å². The molecule has 1 aromatic heterocycles. The maximum atomic E-state index is 13.0. The second-order valence-electron chi connectivity index (χ2n) is 4.96. The predicted molar refractivity (Wildman–Crippen MR) is 83.5 cm³/mol. The lowest BCUT2D eigenvalue weighted by Crippen LogP contribution is -2.33. The van der Waals surface area contributed by atoms with Crippen LogP contribution in [0.5, 0.6) is 5.75 Å². The molecule has 2 aromatic rings. The average Bonchev–Trinajstić information content (AvgIpc) is 2.61. The first-order valence-electron chi connectivity index (χ1n) is 7.09. The number of anilines is 2. The van der Waals surface area contributed by atoms with Gasteiger partial charge in [0.15, 0.2) is 0 Å². The Morgan fingerprint density at radius 1 is 1.33 bits per heavy atom. The zero-order valence-corrected chi connectivity index (χ0v) is 13.5. The number of aromatic nitrogens is 1. The van der Waals surface area contributed by atoms with E-state index in [-0.39, 0.29) is 17.1 Å². The first-order chi connectivity index (χ1) is 12.6. The van der Waals surface area contributed by atoms with Crippen molar-refractivity contribution >= 4 is 23.2 Å². The van der Waals surface area contributed by atoms with Gasteiger partial charge >= 0.3 is 24.2 Å². The number of benzene rings is 1. The molecule has 1 aromatic carbocycles. The van der Waals surface area contributed by atoms with Crippen molar-refractivity contribution in [3.63, 3.8) is 0 Å². The van der Waals surface area contributed by atoms with Crippen LogP contribution in [0.2, 0.25) is 0 Å². The molecule has 8 nitrogen and oxygen atoms in total. The summed E-state index contributed by atoms with van der Waals surface area (Å²) in [5.74, 6) is -1.76. The Morgan fingerprint density at radius 2 is 2.04 bits per heavy atom. The van der Waals surface area contributed by atoms with Gasteiger partial charge in [0.1, 0.15) is 5.75 Å². The second-order valence-corrected chi connectivity index (χ2v) is 4.96. The zero-order chi connectivity index (χ0) is 20.2. The van der Waals surface area contributed by atoms with Crippen LogP contribution in [0.3, 0.4) is 0 Å². The fourth-order valence-corrected chi connectivity index (χ4v) is 1.89. The highest BCUT2D eigenvalue weighted by molar-refractivity contribution is 5.90. The van der Waals surface area contributed by atoms with Gasteiger partial charge in [-0.2, -0.15) is 17.6 Å². The number of hydrogen-bond donors (Lipinski definition) is 1. The van der Waals surface area contributed by atoms with Crippen molar-refractivity contribution in [1.82, 2.24) is 4.98 Å². The molecule has 0 fully saturated rings. The molecular formula is C15H11F4N3O5. The second kappa shape index (κ2) is 7.85. The smallest absolute Gasteiger partial charge is 0.461 e. The van der Waals surface area contributed by atoms with E-state index in [1.165, 1.54) is 12.1 Å². The van der Waals surface area contributed by atoms with E-state index in [0.717, 1.165) is 31.5 Å². The largest absolute Gasteiger partial charge is 0.465 e. The summed E-state index contributed by atoms with van der Waals surface area (Å²) in [5, 5.41) is 13.6. The lowest BCUT2D eigenvalue weighted by molar-refractivity contribution is -0.384. The first-order valence-corrected chi connectivity index (χ1v) is 7.09. The maximum absolute atomic E-state index is 13.0. The number of pyridine rings is 1. The Hall–Kier alpha value is -3.44. The molecule has 27 heavy (non-hydrogen) atoms. The fourth-order valence-electron chi connectivity index (χ4n) is 1.89. The van der Waals surface area contributed by atoms with E-state index in [1.54, 1.807) is 0 Å². The number of nitro groups is 1. The van der Waals surface area contributed by atoms with Crippen molar-refractivity contribution in [3.05, 3.63) is 52.2 Å². The standard InChI is InChI=1S/C15H11F4N3O5/c1-26-13(23)8-5-11(22(24)25)12(20-7-8)21-9-3-2-4-10(6-9)27-15(18,19)14(16)17/h2-7,14H,1H3,(H,20,21). The third-order valence-corrected chi connectivity index (χ3v) is 3.09. The topological polar surface area (TPSA) is 104 Å². The molecule has 0 aliphatic carbocycles. The van der Waals surface area contributed by atoms with Gasteiger partial charge in [-0.25, -0.2) is 9.78 Å². The molecular weight excluding hydrogens is 378 g/mol. The van der Waals surface area contributed by atoms with E-state index in [4.69, 9.17) is 0 Å². The number of methoxy groups -OCH3 is 1. The Kier molecular flexibility index (Phi) is 5.78. The predicted octanol–water partition coefficient (Wildman–Crippen LogP) is 3.76. The minimum atomic E-state index is -4.70. The summed E-state index contributed by atoms with van der Waals surface area (Å²) in [6.07, 6.45) is -7.74. The van der Waals surface area contributed by atoms with Crippen LogP contribution < -0.4 is 10.1 Å². The maximum Gasteiger partial charge on any atom is 0.461 e. The summed E-state index contributed by atoms with van der Waals surface area (Å²) in [4.78, 5) is 25.5. The molecule has 12 heteroatoms. The van der Waals surface area contributed by atoms with E-state index in [2.05, 4.69) is 19.8 Å². The molecule has 0 unspecified atom stereocenters. The molecule has 144 valence electrons. The SMILES string of the molecule is COC(=O)c1cnc(Nc2cccc(OC(F)(F)C(F)F)c2)c([N+](=O)[O-])c1. The summed E-state index contributed by atoms with van der Waals surface area (Å²) in [6.45, 7) is 0. The molecule has 2 rings (SSSR count). The molecule has 1 heterocycles. The van der Waals surface area contributed by atoms with Gasteiger partial charge in [-0.1, -0.05) is 6.07 Å². The molecule has 0 saturated carbocycles. The molecule has 0 aliphatic heterocycles. The molecule has 0 aliphatic rings. The minimum Gasteiger partial charge on any atom is -0.465 e. The minimum absolute atomic E-state index is 0.000940. The Bertz CT molecular complexity index is 863. The zero-order valence-electron chi connectivity index (χ0n) is 13.5. The fraction of sp³-hybridized carbons (Fsp3) is 0.200. The number of ether oxygens (including phenoxy) is 2. The van der Waals surface area contributed by atoms with Crippen LogP contribution in [0.1, 0.15) is 10.4 Å². The van der Waals surface area contributed by atoms with Crippen molar-refractivity contribution in [2.45, 2.75) is 12.5 Å². The van der Waals surface area contributed by atoms with Crippen LogP contribution in [-0.2, 0) is 4.74 Å². The number of hydrogen-bond acceptors (Lipinski definition) is 7. The van der Waals surface area contributed by atoms with Crippen molar-refractivity contribution < 1.29 is 36.8 Å². The highest BCUT2D eigenvalue weighted by atomic mass is 19.3. The lowest BCUT2D eigenvalue weighted by Gasteiger charge is -2.17. The van der Waals surface area contributed by atoms with Gasteiger partial charge < -0.3 is 14.8 Å².